The summed E-state index contributed by atoms with van der Waals surface area (Å²) in [4.78, 5) is 16.7. The second-order valence-corrected chi connectivity index (χ2v) is 11.9. The van der Waals surface area contributed by atoms with Crippen molar-refractivity contribution in [2.24, 2.45) is 0 Å². The summed E-state index contributed by atoms with van der Waals surface area (Å²) in [5, 5.41) is 0.992. The number of hydrogen-bond acceptors (Lipinski definition) is 5. The Kier molecular flexibility index (Phi) is 8.30. The fourth-order valence-corrected chi connectivity index (χ4v) is 6.26. The average Bonchev–Trinajstić information content (AvgIpc) is 2.82. The largest absolute Gasteiger partial charge is 0.490 e. The van der Waals surface area contributed by atoms with E-state index in [4.69, 9.17) is 27.9 Å². The van der Waals surface area contributed by atoms with Crippen molar-refractivity contribution in [2.75, 3.05) is 26.2 Å². The van der Waals surface area contributed by atoms with Gasteiger partial charge < -0.3 is 9.64 Å². The first-order chi connectivity index (χ1) is 16.2. The summed E-state index contributed by atoms with van der Waals surface area (Å²) in [6.45, 7) is 2.87. The molecule has 7 nitrogen and oxygen atoms in total. The Morgan fingerprint density at radius 2 is 1.68 bits per heavy atom. The first-order valence-electron chi connectivity index (χ1n) is 11.1. The van der Waals surface area contributed by atoms with E-state index in [0.29, 0.717) is 33.6 Å². The molecule has 2 aliphatic rings. The molecule has 1 N–H and O–H groups in total. The highest BCUT2D eigenvalue weighted by Gasteiger charge is 2.31. The second-order valence-electron chi connectivity index (χ2n) is 8.52. The predicted octanol–water partition coefficient (Wildman–Crippen LogP) is 5.16. The summed E-state index contributed by atoms with van der Waals surface area (Å²) in [5.41, 5.74) is 0. The van der Waals surface area contributed by atoms with Crippen molar-refractivity contribution in [1.82, 2.24) is 14.5 Å². The molecule has 184 valence electrons. The third kappa shape index (κ3) is 6.37. The highest BCUT2D eigenvalue weighted by Crippen LogP contribution is 2.29. The average molecular weight is 591 g/mol. The van der Waals surface area contributed by atoms with E-state index < -0.39 is 16.1 Å². The summed E-state index contributed by atoms with van der Waals surface area (Å²) >= 11 is 15.3. The van der Waals surface area contributed by atoms with Gasteiger partial charge in [-0.05, 0) is 56.0 Å². The summed E-state index contributed by atoms with van der Waals surface area (Å²) in [5.74, 6) is 0.727. The zero-order chi connectivity index (χ0) is 24.3. The van der Waals surface area contributed by atoms with Gasteiger partial charge in [0.05, 0.1) is 14.9 Å². The van der Waals surface area contributed by atoms with Crippen LogP contribution in [0.2, 0.25) is 10.0 Å². The Morgan fingerprint density at radius 3 is 2.32 bits per heavy atom. The molecular formula is C23H26BrCl2N3O4S. The van der Waals surface area contributed by atoms with Gasteiger partial charge in [-0.15, -0.1) is 0 Å². The van der Waals surface area contributed by atoms with Crippen molar-refractivity contribution in [3.8, 4) is 5.75 Å². The van der Waals surface area contributed by atoms with Crippen LogP contribution in [0.5, 0.6) is 5.75 Å². The highest BCUT2D eigenvalue weighted by molar-refractivity contribution is 9.10. The Balaban J connectivity index is 1.23. The molecule has 2 aromatic rings. The van der Waals surface area contributed by atoms with Crippen LogP contribution in [0.3, 0.4) is 0 Å². The number of piperidine rings is 2. The molecule has 2 heterocycles. The summed E-state index contributed by atoms with van der Waals surface area (Å²) in [6, 6.07) is 11.4. The third-order valence-electron chi connectivity index (χ3n) is 6.27. The van der Waals surface area contributed by atoms with Gasteiger partial charge in [0, 0.05) is 42.8 Å². The predicted molar refractivity (Wildman–Crippen MR) is 136 cm³/mol. The summed E-state index contributed by atoms with van der Waals surface area (Å²) < 4.78 is 34.0. The normalized spacial score (nSPS) is 18.6. The van der Waals surface area contributed by atoms with E-state index in [1.54, 1.807) is 29.2 Å². The molecule has 0 spiro atoms. The fourth-order valence-electron chi connectivity index (χ4n) is 4.41. The van der Waals surface area contributed by atoms with Gasteiger partial charge in [-0.25, -0.2) is 17.9 Å². The Morgan fingerprint density at radius 1 is 0.971 bits per heavy atom. The number of hydrogen-bond donors (Lipinski definition) is 1. The molecule has 2 amide bonds. The molecule has 34 heavy (non-hydrogen) atoms. The first kappa shape index (κ1) is 25.6. The number of carbonyl (C=O) groups is 1. The van der Waals surface area contributed by atoms with Crippen LogP contribution < -0.4 is 9.46 Å². The first-order valence-corrected chi connectivity index (χ1v) is 14.2. The van der Waals surface area contributed by atoms with E-state index in [2.05, 4.69) is 25.6 Å². The summed E-state index contributed by atoms with van der Waals surface area (Å²) in [6.07, 6.45) is 3.56. The van der Waals surface area contributed by atoms with Crippen LogP contribution in [-0.2, 0) is 10.0 Å². The number of nitrogens with one attached hydrogen (secondary N) is 1. The van der Waals surface area contributed by atoms with E-state index in [-0.39, 0.29) is 11.0 Å². The number of rotatable bonds is 5. The molecular weight excluding hydrogens is 565 g/mol. The number of nitrogens with zero attached hydrogens (tertiary/aromatic N) is 2. The molecule has 2 aliphatic heterocycles. The van der Waals surface area contributed by atoms with Crippen molar-refractivity contribution in [1.29, 1.82) is 0 Å². The highest BCUT2D eigenvalue weighted by atomic mass is 79.9. The number of halogens is 3. The van der Waals surface area contributed by atoms with Gasteiger partial charge in [-0.3, -0.25) is 4.90 Å². The molecule has 0 bridgehead atoms. The molecule has 0 unspecified atom stereocenters. The van der Waals surface area contributed by atoms with Gasteiger partial charge in [0.2, 0.25) is 0 Å². The Labute approximate surface area is 218 Å². The lowest BCUT2D eigenvalue weighted by Crippen LogP contribution is -2.52. The van der Waals surface area contributed by atoms with Crippen molar-refractivity contribution in [3.63, 3.8) is 0 Å². The lowest BCUT2D eigenvalue weighted by Gasteiger charge is -2.41. The zero-order valence-electron chi connectivity index (χ0n) is 18.4. The van der Waals surface area contributed by atoms with Gasteiger partial charge >= 0.3 is 6.03 Å². The number of benzene rings is 2. The molecule has 0 aromatic heterocycles. The molecule has 0 radical (unpaired) electrons. The maximum absolute atomic E-state index is 12.6. The van der Waals surface area contributed by atoms with Gasteiger partial charge in [0.15, 0.2) is 0 Å². The Bertz CT molecular complexity index is 1130. The minimum absolute atomic E-state index is 0.0519. The minimum atomic E-state index is -3.91. The van der Waals surface area contributed by atoms with Crippen LogP contribution >= 0.6 is 39.1 Å². The fraction of sp³-hybridized carbons (Fsp3) is 0.435. The molecule has 2 fully saturated rings. The number of urea groups is 1. The van der Waals surface area contributed by atoms with Crippen molar-refractivity contribution in [3.05, 3.63) is 57.0 Å². The number of carbonyl (C=O) groups excluding carboxylic acids is 1. The maximum Gasteiger partial charge on any atom is 0.331 e. The third-order valence-corrected chi connectivity index (χ3v) is 8.82. The molecule has 11 heteroatoms. The van der Waals surface area contributed by atoms with E-state index in [9.17, 15) is 13.2 Å². The van der Waals surface area contributed by atoms with Crippen LogP contribution in [0.1, 0.15) is 25.7 Å². The van der Waals surface area contributed by atoms with Crippen LogP contribution in [0, 0.1) is 0 Å². The quantitative estimate of drug-likeness (QED) is 0.520. The van der Waals surface area contributed by atoms with Gasteiger partial charge in [-0.2, -0.15) is 0 Å². The van der Waals surface area contributed by atoms with Gasteiger partial charge in [0.1, 0.15) is 11.9 Å². The number of sulfonamides is 1. The smallest absolute Gasteiger partial charge is 0.331 e. The second kappa shape index (κ2) is 11.0. The standard InChI is InChI=1S/C23H26BrCl2N3O4S/c24-16-2-1-3-20(14-16)34(31,32)27-23(30)29-10-6-17(7-11-29)28-12-8-18(9-13-28)33-19-4-5-21(25)22(26)15-19/h1-5,14-15,17-18H,6-13H2,(H,27,30). The van der Waals surface area contributed by atoms with E-state index in [1.807, 2.05) is 6.07 Å². The molecule has 4 rings (SSSR count). The van der Waals surface area contributed by atoms with Crippen LogP contribution in [0.25, 0.3) is 0 Å². The van der Waals surface area contributed by atoms with Crippen molar-refractivity contribution < 1.29 is 17.9 Å². The molecule has 0 aliphatic carbocycles. The van der Waals surface area contributed by atoms with Crippen LogP contribution in [0.4, 0.5) is 4.79 Å². The van der Waals surface area contributed by atoms with Crippen LogP contribution in [-0.4, -0.2) is 62.6 Å². The monoisotopic (exact) mass is 589 g/mol. The van der Waals surface area contributed by atoms with Crippen molar-refractivity contribution >= 4 is 55.2 Å². The van der Waals surface area contributed by atoms with Crippen LogP contribution in [0.15, 0.2) is 51.8 Å². The molecule has 2 saturated heterocycles. The van der Waals surface area contributed by atoms with Crippen molar-refractivity contribution in [2.45, 2.75) is 42.7 Å². The minimum Gasteiger partial charge on any atom is -0.490 e. The lowest BCUT2D eigenvalue weighted by atomic mass is 9.99. The topological polar surface area (TPSA) is 79.0 Å². The summed E-state index contributed by atoms with van der Waals surface area (Å²) in [7, 11) is -3.91. The SMILES string of the molecule is O=C(NS(=O)(=O)c1cccc(Br)c1)N1CCC(N2CCC(Oc3ccc(Cl)c(Cl)c3)CC2)CC1. The van der Waals surface area contributed by atoms with Gasteiger partial charge in [-0.1, -0.05) is 45.2 Å². The number of amides is 2. The molecule has 0 saturated carbocycles. The zero-order valence-corrected chi connectivity index (χ0v) is 22.3. The van der Waals surface area contributed by atoms with E-state index >= 15 is 0 Å². The van der Waals surface area contributed by atoms with Gasteiger partial charge in [0.25, 0.3) is 10.0 Å². The molecule has 2 aromatic carbocycles. The molecule has 0 atom stereocenters. The maximum atomic E-state index is 12.6. The number of ether oxygens (including phenoxy) is 1. The number of likely N-dealkylation sites (tertiary alicyclic amines) is 2. The van der Waals surface area contributed by atoms with E-state index in [1.165, 1.54) is 12.1 Å². The Hall–Kier alpha value is -1.52. The van der Waals surface area contributed by atoms with E-state index in [0.717, 1.165) is 44.5 Å². The lowest BCUT2D eigenvalue weighted by molar-refractivity contribution is 0.0540.